The van der Waals surface area contributed by atoms with Crippen molar-refractivity contribution in [2.75, 3.05) is 12.8 Å². The van der Waals surface area contributed by atoms with Gasteiger partial charge in [0.25, 0.3) is 0 Å². The van der Waals surface area contributed by atoms with Gasteiger partial charge in [-0.2, -0.15) is 0 Å². The first kappa shape index (κ1) is 9.31. The van der Waals surface area contributed by atoms with E-state index in [1.54, 1.807) is 6.92 Å². The van der Waals surface area contributed by atoms with Gasteiger partial charge < -0.3 is 4.74 Å². The largest absolute Gasteiger partial charge is 0.462 e. The van der Waals surface area contributed by atoms with Crippen LogP contribution in [0, 0.1) is 0 Å². The summed E-state index contributed by atoms with van der Waals surface area (Å²) in [6.45, 7) is 5.17. The molecule has 0 fully saturated rings. The molecule has 0 aliphatic carbocycles. The van der Waals surface area contributed by atoms with Crippen LogP contribution in [0.2, 0.25) is 0 Å². The minimum atomic E-state index is -0.418. The molecule has 0 rings (SSSR count). The van der Waals surface area contributed by atoms with E-state index in [1.807, 2.05) is 0 Å². The summed E-state index contributed by atoms with van der Waals surface area (Å²) in [6.07, 6.45) is 0.402. The molecule has 57 valence electrons. The van der Waals surface area contributed by atoms with Crippen molar-refractivity contribution >= 4 is 14.4 Å². The summed E-state index contributed by atoms with van der Waals surface area (Å²) in [5.74, 6) is -0.418. The van der Waals surface area contributed by atoms with Crippen molar-refractivity contribution in [3.05, 3.63) is 12.2 Å². The Kier molecular flexibility index (Phi) is 4.77. The molecular weight excluding hydrogens is 151 g/mol. The molecule has 4 heteroatoms. The number of carbonyl (C=O) groups is 1. The molecule has 10 heavy (non-hydrogen) atoms. The van der Waals surface area contributed by atoms with Gasteiger partial charge in [-0.3, -0.25) is 4.57 Å². The Bertz CT molecular complexity index is 153. The van der Waals surface area contributed by atoms with Gasteiger partial charge in [0.15, 0.2) is 0 Å². The maximum atomic E-state index is 10.6. The van der Waals surface area contributed by atoms with E-state index in [0.29, 0.717) is 11.7 Å². The van der Waals surface area contributed by atoms with E-state index >= 15 is 0 Å². The monoisotopic (exact) mass is 161 g/mol. The van der Waals surface area contributed by atoms with Crippen LogP contribution in [-0.4, -0.2) is 18.7 Å². The zero-order valence-electron chi connectivity index (χ0n) is 5.85. The zero-order valence-corrected chi connectivity index (χ0v) is 6.85. The van der Waals surface area contributed by atoms with Gasteiger partial charge in [-0.05, 0) is 6.92 Å². The highest BCUT2D eigenvalue weighted by atomic mass is 31.1. The molecule has 0 saturated heterocycles. The van der Waals surface area contributed by atoms with Gasteiger partial charge in [0.05, 0.1) is 8.46 Å². The minimum Gasteiger partial charge on any atom is -0.462 e. The van der Waals surface area contributed by atoms with E-state index in [0.717, 1.165) is 0 Å². The summed E-state index contributed by atoms with van der Waals surface area (Å²) in [5, 5.41) is 0. The molecule has 1 radical (unpaired) electrons. The summed E-state index contributed by atoms with van der Waals surface area (Å²) >= 11 is 0. The molecule has 0 amide bonds. The summed E-state index contributed by atoms with van der Waals surface area (Å²) in [4.78, 5) is 10.6. The van der Waals surface area contributed by atoms with Gasteiger partial charge in [-0.25, -0.2) is 4.79 Å². The van der Waals surface area contributed by atoms with Gasteiger partial charge in [0.2, 0.25) is 0 Å². The average Bonchev–Trinajstić information content (AvgIpc) is 1.88. The lowest BCUT2D eigenvalue weighted by Gasteiger charge is -1.99. The lowest BCUT2D eigenvalue weighted by atomic mass is 10.4. The van der Waals surface area contributed by atoms with Crippen molar-refractivity contribution in [2.24, 2.45) is 0 Å². The van der Waals surface area contributed by atoms with Crippen molar-refractivity contribution in [3.63, 3.8) is 0 Å². The number of rotatable bonds is 4. The summed E-state index contributed by atoms with van der Waals surface area (Å²) in [6, 6.07) is 0. The van der Waals surface area contributed by atoms with Gasteiger partial charge in [-0.1, -0.05) is 6.58 Å². The fourth-order valence-electron chi connectivity index (χ4n) is 0.309. The van der Waals surface area contributed by atoms with Gasteiger partial charge in [-0.15, -0.1) is 0 Å². The van der Waals surface area contributed by atoms with Crippen LogP contribution >= 0.6 is 8.46 Å². The van der Waals surface area contributed by atoms with Gasteiger partial charge >= 0.3 is 5.97 Å². The van der Waals surface area contributed by atoms with Crippen LogP contribution in [0.4, 0.5) is 0 Å². The summed E-state index contributed by atoms with van der Waals surface area (Å²) in [7, 11) is -0.406. The Hall–Kier alpha value is -0.690. The third kappa shape index (κ3) is 4.21. The van der Waals surface area contributed by atoms with E-state index in [-0.39, 0.29) is 6.61 Å². The molecule has 0 spiro atoms. The Morgan fingerprint density at radius 3 is 2.70 bits per heavy atom. The molecule has 1 unspecified atom stereocenters. The molecule has 0 aliphatic rings. The first-order chi connectivity index (χ1) is 4.68. The highest BCUT2D eigenvalue weighted by Crippen LogP contribution is 1.94. The first-order valence-corrected chi connectivity index (χ1v) is 3.97. The Morgan fingerprint density at radius 2 is 2.30 bits per heavy atom. The van der Waals surface area contributed by atoms with Crippen LogP contribution in [0.1, 0.15) is 6.92 Å². The van der Waals surface area contributed by atoms with Crippen LogP contribution in [0.25, 0.3) is 0 Å². The van der Waals surface area contributed by atoms with Gasteiger partial charge in [0, 0.05) is 11.7 Å². The molecule has 0 heterocycles. The molecule has 0 bridgehead atoms. The molecule has 0 aromatic rings. The van der Waals surface area contributed by atoms with E-state index in [4.69, 9.17) is 0 Å². The maximum absolute atomic E-state index is 10.6. The topological polar surface area (TPSA) is 43.4 Å². The second-order valence-corrected chi connectivity index (χ2v) is 2.60. The van der Waals surface area contributed by atoms with Crippen LogP contribution in [0.15, 0.2) is 12.2 Å². The quantitative estimate of drug-likeness (QED) is 0.268. The fraction of sp³-hybridized carbons (Fsp3) is 0.500. The average molecular weight is 161 g/mol. The zero-order chi connectivity index (χ0) is 7.98. The summed E-state index contributed by atoms with van der Waals surface area (Å²) in [5.41, 5.74) is 0.370. The molecule has 3 nitrogen and oxygen atoms in total. The molecule has 0 aromatic heterocycles. The SMILES string of the molecule is C=C(C)C(=O)OCC[PH]=O. The van der Waals surface area contributed by atoms with Crippen molar-refractivity contribution in [2.45, 2.75) is 6.92 Å². The van der Waals surface area contributed by atoms with Crippen molar-refractivity contribution < 1.29 is 14.1 Å². The number of carbonyl (C=O) groups excluding carboxylic acids is 1. The Labute approximate surface area is 61.3 Å². The highest BCUT2D eigenvalue weighted by molar-refractivity contribution is 7.23. The minimum absolute atomic E-state index is 0.216. The highest BCUT2D eigenvalue weighted by Gasteiger charge is 2.00. The molecule has 0 aromatic carbocycles. The van der Waals surface area contributed by atoms with Crippen molar-refractivity contribution in [1.82, 2.24) is 0 Å². The second-order valence-electron chi connectivity index (χ2n) is 1.81. The van der Waals surface area contributed by atoms with E-state index in [2.05, 4.69) is 11.3 Å². The van der Waals surface area contributed by atoms with Gasteiger partial charge in [0.1, 0.15) is 6.61 Å². The van der Waals surface area contributed by atoms with E-state index in [9.17, 15) is 9.36 Å². The summed E-state index contributed by atoms with van der Waals surface area (Å²) < 4.78 is 14.5. The Morgan fingerprint density at radius 1 is 1.70 bits per heavy atom. The maximum Gasteiger partial charge on any atom is 0.333 e. The lowest BCUT2D eigenvalue weighted by molar-refractivity contribution is -0.138. The third-order valence-electron chi connectivity index (χ3n) is 0.786. The standard InChI is InChI=1S/C6H10O3P/c1-5(2)6(7)9-3-4-10-8/h10H,1,3-4H2,2H3. The number of hydrogen-bond donors (Lipinski definition) is 0. The van der Waals surface area contributed by atoms with E-state index < -0.39 is 14.4 Å². The molecular formula is C6H10O3P. The number of ether oxygens (including phenoxy) is 1. The predicted octanol–water partition coefficient (Wildman–Crippen LogP) is 1.13. The fourth-order valence-corrected chi connectivity index (χ4v) is 0.494. The second kappa shape index (κ2) is 5.12. The predicted molar refractivity (Wildman–Crippen MR) is 39.6 cm³/mol. The Balaban J connectivity index is 3.40. The van der Waals surface area contributed by atoms with Crippen LogP contribution in [-0.2, 0) is 14.1 Å². The van der Waals surface area contributed by atoms with Crippen molar-refractivity contribution in [3.8, 4) is 0 Å². The normalized spacial score (nSPS) is 9.30. The van der Waals surface area contributed by atoms with E-state index in [1.165, 1.54) is 0 Å². The molecule has 1 atom stereocenters. The van der Waals surface area contributed by atoms with Crippen LogP contribution in [0.5, 0.6) is 0 Å². The van der Waals surface area contributed by atoms with Crippen LogP contribution < -0.4 is 0 Å². The molecule has 0 N–H and O–H groups in total. The number of hydrogen-bond acceptors (Lipinski definition) is 3. The first-order valence-electron chi connectivity index (χ1n) is 2.86. The molecule has 0 saturated carbocycles. The van der Waals surface area contributed by atoms with Crippen LogP contribution in [0.3, 0.4) is 0 Å². The lowest BCUT2D eigenvalue weighted by Crippen LogP contribution is -2.06. The third-order valence-corrected chi connectivity index (χ3v) is 1.19. The number of esters is 1. The van der Waals surface area contributed by atoms with Crippen molar-refractivity contribution in [1.29, 1.82) is 0 Å². The smallest absolute Gasteiger partial charge is 0.333 e. The molecule has 0 aliphatic heterocycles.